The van der Waals surface area contributed by atoms with Crippen molar-refractivity contribution in [3.8, 4) is 0 Å². The van der Waals surface area contributed by atoms with Crippen LogP contribution in [0.2, 0.25) is 0 Å². The van der Waals surface area contributed by atoms with E-state index in [1.165, 1.54) is 0 Å². The first kappa shape index (κ1) is 23.2. The van der Waals surface area contributed by atoms with Crippen molar-refractivity contribution in [2.45, 2.75) is 44.9 Å². The SMILES string of the molecule is CCNC(=NCCS(=O)(=O)c1ccc(C(C)(C)C)cc1)NCC.I. The number of guanidine groups is 1. The molecule has 0 amide bonds. The van der Waals surface area contributed by atoms with Crippen LogP contribution in [-0.2, 0) is 15.3 Å². The smallest absolute Gasteiger partial charge is 0.191 e. The molecule has 1 aromatic rings. The molecule has 138 valence electrons. The summed E-state index contributed by atoms with van der Waals surface area (Å²) in [5.74, 6) is 0.649. The fourth-order valence-electron chi connectivity index (χ4n) is 2.07. The first-order valence-electron chi connectivity index (χ1n) is 8.06. The van der Waals surface area contributed by atoms with Gasteiger partial charge in [-0.3, -0.25) is 4.99 Å². The summed E-state index contributed by atoms with van der Waals surface area (Å²) in [6.45, 7) is 12.0. The number of hydrogen-bond donors (Lipinski definition) is 2. The lowest BCUT2D eigenvalue weighted by atomic mass is 9.87. The second kappa shape index (κ2) is 10.2. The van der Waals surface area contributed by atoms with Crippen LogP contribution in [0.5, 0.6) is 0 Å². The summed E-state index contributed by atoms with van der Waals surface area (Å²) in [5, 5.41) is 6.16. The van der Waals surface area contributed by atoms with Crippen molar-refractivity contribution in [3.05, 3.63) is 29.8 Å². The Balaban J connectivity index is 0.00000529. The number of nitrogens with one attached hydrogen (secondary N) is 2. The Hall–Kier alpha value is -0.830. The molecule has 0 unspecified atom stereocenters. The summed E-state index contributed by atoms with van der Waals surface area (Å²) in [6, 6.07) is 7.15. The van der Waals surface area contributed by atoms with Crippen LogP contribution >= 0.6 is 24.0 Å². The van der Waals surface area contributed by atoms with Gasteiger partial charge in [0.25, 0.3) is 0 Å². The Morgan fingerprint density at radius 2 is 1.54 bits per heavy atom. The molecule has 0 heterocycles. The lowest BCUT2D eigenvalue weighted by molar-refractivity contribution is 0.586. The monoisotopic (exact) mass is 467 g/mol. The largest absolute Gasteiger partial charge is 0.357 e. The minimum Gasteiger partial charge on any atom is -0.357 e. The zero-order chi connectivity index (χ0) is 17.5. The predicted octanol–water partition coefficient (Wildman–Crippen LogP) is 2.95. The molecule has 0 saturated carbocycles. The highest BCUT2D eigenvalue weighted by Gasteiger charge is 2.17. The van der Waals surface area contributed by atoms with Gasteiger partial charge < -0.3 is 10.6 Å². The van der Waals surface area contributed by atoms with E-state index in [9.17, 15) is 8.42 Å². The topological polar surface area (TPSA) is 70.6 Å². The number of sulfone groups is 1. The van der Waals surface area contributed by atoms with Gasteiger partial charge in [-0.25, -0.2) is 8.42 Å². The lowest BCUT2D eigenvalue weighted by Gasteiger charge is -2.19. The van der Waals surface area contributed by atoms with Crippen molar-refractivity contribution in [2.75, 3.05) is 25.4 Å². The maximum atomic E-state index is 12.4. The zero-order valence-corrected chi connectivity index (χ0v) is 18.4. The van der Waals surface area contributed by atoms with Crippen LogP contribution in [0.3, 0.4) is 0 Å². The van der Waals surface area contributed by atoms with Gasteiger partial charge in [-0.05, 0) is 37.0 Å². The molecule has 0 radical (unpaired) electrons. The number of nitrogens with zero attached hydrogens (tertiary/aromatic N) is 1. The molecule has 0 aromatic heterocycles. The molecular formula is C17H30IN3O2S. The second-order valence-electron chi connectivity index (χ2n) is 6.38. The van der Waals surface area contributed by atoms with Crippen LogP contribution in [0.25, 0.3) is 0 Å². The minimum absolute atomic E-state index is 0. The Labute approximate surface area is 163 Å². The summed E-state index contributed by atoms with van der Waals surface area (Å²) in [6.07, 6.45) is 0. The van der Waals surface area contributed by atoms with E-state index in [0.29, 0.717) is 10.9 Å². The van der Waals surface area contributed by atoms with Crippen molar-refractivity contribution in [1.82, 2.24) is 10.6 Å². The zero-order valence-electron chi connectivity index (χ0n) is 15.2. The quantitative estimate of drug-likeness (QED) is 0.384. The van der Waals surface area contributed by atoms with E-state index in [0.717, 1.165) is 18.7 Å². The second-order valence-corrected chi connectivity index (χ2v) is 8.49. The van der Waals surface area contributed by atoms with E-state index >= 15 is 0 Å². The molecule has 1 rings (SSSR count). The summed E-state index contributed by atoms with van der Waals surface area (Å²) in [4.78, 5) is 4.64. The molecule has 0 aliphatic carbocycles. The molecule has 2 N–H and O–H groups in total. The summed E-state index contributed by atoms with van der Waals surface area (Å²) >= 11 is 0. The molecule has 7 heteroatoms. The van der Waals surface area contributed by atoms with E-state index in [1.54, 1.807) is 12.1 Å². The van der Waals surface area contributed by atoms with Crippen molar-refractivity contribution in [1.29, 1.82) is 0 Å². The van der Waals surface area contributed by atoms with Crippen LogP contribution in [0, 0.1) is 0 Å². The third-order valence-corrected chi connectivity index (χ3v) is 5.11. The Bertz CT molecular complexity index is 612. The molecule has 1 aromatic carbocycles. The van der Waals surface area contributed by atoms with Crippen molar-refractivity contribution in [3.63, 3.8) is 0 Å². The van der Waals surface area contributed by atoms with Crippen LogP contribution in [-0.4, -0.2) is 39.8 Å². The van der Waals surface area contributed by atoms with Crippen LogP contribution in [0.15, 0.2) is 34.2 Å². The maximum absolute atomic E-state index is 12.4. The molecule has 5 nitrogen and oxygen atoms in total. The average Bonchev–Trinajstić information content (AvgIpc) is 2.47. The van der Waals surface area contributed by atoms with Crippen molar-refractivity contribution < 1.29 is 8.42 Å². The van der Waals surface area contributed by atoms with Gasteiger partial charge in [-0.1, -0.05) is 32.9 Å². The summed E-state index contributed by atoms with van der Waals surface area (Å²) in [5.41, 5.74) is 1.13. The van der Waals surface area contributed by atoms with Crippen LogP contribution in [0.1, 0.15) is 40.2 Å². The summed E-state index contributed by atoms with van der Waals surface area (Å²) < 4.78 is 24.8. The molecule has 0 spiro atoms. The fraction of sp³-hybridized carbons (Fsp3) is 0.588. The highest BCUT2D eigenvalue weighted by molar-refractivity contribution is 14.0. The van der Waals surface area contributed by atoms with E-state index in [2.05, 4.69) is 36.4 Å². The first-order valence-corrected chi connectivity index (χ1v) is 9.71. The number of rotatable bonds is 6. The predicted molar refractivity (Wildman–Crippen MR) is 112 cm³/mol. The van der Waals surface area contributed by atoms with Gasteiger partial charge in [0.1, 0.15) is 0 Å². The number of benzene rings is 1. The highest BCUT2D eigenvalue weighted by atomic mass is 127. The number of hydrogen-bond acceptors (Lipinski definition) is 3. The van der Waals surface area contributed by atoms with Gasteiger partial charge >= 0.3 is 0 Å². The molecule has 0 saturated heterocycles. The lowest BCUT2D eigenvalue weighted by Crippen LogP contribution is -2.37. The third kappa shape index (κ3) is 7.38. The van der Waals surface area contributed by atoms with Gasteiger partial charge in [-0.15, -0.1) is 24.0 Å². The van der Waals surface area contributed by atoms with Crippen molar-refractivity contribution in [2.24, 2.45) is 4.99 Å². The van der Waals surface area contributed by atoms with Gasteiger partial charge in [-0.2, -0.15) is 0 Å². The average molecular weight is 467 g/mol. The minimum atomic E-state index is -3.31. The van der Waals surface area contributed by atoms with Gasteiger partial charge in [0, 0.05) is 13.1 Å². The Morgan fingerprint density at radius 1 is 1.04 bits per heavy atom. The van der Waals surface area contributed by atoms with E-state index in [-0.39, 0.29) is 41.7 Å². The van der Waals surface area contributed by atoms with Crippen LogP contribution < -0.4 is 10.6 Å². The molecule has 0 atom stereocenters. The molecule has 0 fully saturated rings. The van der Waals surface area contributed by atoms with Crippen LogP contribution in [0.4, 0.5) is 0 Å². The normalized spacial score (nSPS) is 11.4. The first-order chi connectivity index (χ1) is 10.7. The van der Waals surface area contributed by atoms with Gasteiger partial charge in [0.2, 0.25) is 0 Å². The summed E-state index contributed by atoms with van der Waals surface area (Å²) in [7, 11) is -3.31. The van der Waals surface area contributed by atoms with Crippen molar-refractivity contribution >= 4 is 39.8 Å². The molecule has 0 aliphatic rings. The van der Waals surface area contributed by atoms with Gasteiger partial charge in [0.15, 0.2) is 15.8 Å². The van der Waals surface area contributed by atoms with Gasteiger partial charge in [0.05, 0.1) is 17.2 Å². The van der Waals surface area contributed by atoms with E-state index in [1.807, 2.05) is 26.0 Å². The highest BCUT2D eigenvalue weighted by Crippen LogP contribution is 2.23. The molecular weight excluding hydrogens is 437 g/mol. The Kier molecular flexibility index (Phi) is 9.87. The molecule has 0 bridgehead atoms. The Morgan fingerprint density at radius 3 is 1.96 bits per heavy atom. The number of aliphatic imine (C=N–C) groups is 1. The maximum Gasteiger partial charge on any atom is 0.191 e. The standard InChI is InChI=1S/C17H29N3O2S.HI/c1-6-18-16(19-7-2)20-12-13-23(21,22)15-10-8-14(9-11-15)17(3,4)5;/h8-11H,6-7,12-13H2,1-5H3,(H2,18,19,20);1H. The van der Waals surface area contributed by atoms with E-state index in [4.69, 9.17) is 0 Å². The molecule has 0 aliphatic heterocycles. The van der Waals surface area contributed by atoms with E-state index < -0.39 is 9.84 Å². The molecule has 24 heavy (non-hydrogen) atoms. The fourth-order valence-corrected chi connectivity index (χ4v) is 3.19. The number of halogens is 1. The third-order valence-electron chi connectivity index (χ3n) is 3.40.